The van der Waals surface area contributed by atoms with Crippen LogP contribution in [0.15, 0.2) is 18.5 Å². The van der Waals surface area contributed by atoms with Crippen molar-refractivity contribution in [2.75, 3.05) is 6.61 Å². The van der Waals surface area contributed by atoms with Gasteiger partial charge in [-0.25, -0.2) is 0 Å². The van der Waals surface area contributed by atoms with Gasteiger partial charge in [0.2, 0.25) is 5.91 Å². The summed E-state index contributed by atoms with van der Waals surface area (Å²) in [6.45, 7) is 0.411. The second-order valence-corrected chi connectivity index (χ2v) is 4.25. The Balaban J connectivity index is 1.83. The van der Waals surface area contributed by atoms with Crippen molar-refractivity contribution in [1.82, 2.24) is 15.1 Å². The van der Waals surface area contributed by atoms with Gasteiger partial charge in [0.25, 0.3) is 0 Å². The van der Waals surface area contributed by atoms with E-state index in [1.165, 1.54) is 0 Å². The Morgan fingerprint density at radius 3 is 3.12 bits per heavy atom. The largest absolute Gasteiger partial charge is 0.396 e. The van der Waals surface area contributed by atoms with Gasteiger partial charge in [-0.2, -0.15) is 5.10 Å². The highest BCUT2D eigenvalue weighted by atomic mass is 16.3. The fourth-order valence-electron chi connectivity index (χ4n) is 2.24. The van der Waals surface area contributed by atoms with Crippen LogP contribution in [-0.2, 0) is 11.3 Å². The highest BCUT2D eigenvalue weighted by molar-refractivity contribution is 5.76. The van der Waals surface area contributed by atoms with Gasteiger partial charge in [0, 0.05) is 31.0 Å². The van der Waals surface area contributed by atoms with Crippen molar-refractivity contribution in [3.05, 3.63) is 18.5 Å². The monoisotopic (exact) mass is 223 g/mol. The Morgan fingerprint density at radius 1 is 1.56 bits per heavy atom. The van der Waals surface area contributed by atoms with E-state index in [1.807, 2.05) is 0 Å². The summed E-state index contributed by atoms with van der Waals surface area (Å²) in [4.78, 5) is 11.7. The maximum absolute atomic E-state index is 11.7. The van der Waals surface area contributed by atoms with E-state index in [-0.39, 0.29) is 31.0 Å². The first-order valence-electron chi connectivity index (χ1n) is 5.67. The summed E-state index contributed by atoms with van der Waals surface area (Å²) in [5.74, 6) is 0.190. The number of aliphatic hydroxyl groups is 1. The number of hydrogen-bond donors (Lipinski definition) is 2. The topological polar surface area (TPSA) is 67.2 Å². The van der Waals surface area contributed by atoms with Crippen LogP contribution in [0.2, 0.25) is 0 Å². The first-order valence-corrected chi connectivity index (χ1v) is 5.67. The highest BCUT2D eigenvalue weighted by Gasteiger charge is 2.27. The minimum atomic E-state index is -0.0333. The number of carbonyl (C=O) groups excluding carboxylic acids is 1. The fourth-order valence-corrected chi connectivity index (χ4v) is 2.24. The zero-order valence-corrected chi connectivity index (χ0v) is 9.17. The van der Waals surface area contributed by atoms with E-state index in [1.54, 1.807) is 23.1 Å². The third-order valence-electron chi connectivity index (χ3n) is 3.10. The van der Waals surface area contributed by atoms with E-state index in [0.29, 0.717) is 0 Å². The molecule has 1 fully saturated rings. The van der Waals surface area contributed by atoms with Gasteiger partial charge in [-0.1, -0.05) is 6.42 Å². The predicted molar refractivity (Wildman–Crippen MR) is 58.6 cm³/mol. The van der Waals surface area contributed by atoms with Crippen molar-refractivity contribution in [2.45, 2.75) is 31.8 Å². The number of nitrogens with one attached hydrogen (secondary N) is 1. The lowest BCUT2D eigenvalue weighted by atomic mass is 10.1. The lowest BCUT2D eigenvalue weighted by molar-refractivity contribution is -0.122. The van der Waals surface area contributed by atoms with Crippen LogP contribution in [-0.4, -0.2) is 33.4 Å². The predicted octanol–water partition coefficient (Wildman–Crippen LogP) is 0.160. The molecule has 0 aliphatic heterocycles. The van der Waals surface area contributed by atoms with Crippen LogP contribution in [0.3, 0.4) is 0 Å². The molecule has 1 aromatic heterocycles. The van der Waals surface area contributed by atoms with E-state index in [0.717, 1.165) is 19.3 Å². The zero-order valence-electron chi connectivity index (χ0n) is 9.17. The number of nitrogens with zero attached hydrogens (tertiary/aromatic N) is 2. The molecule has 0 bridgehead atoms. The van der Waals surface area contributed by atoms with Crippen molar-refractivity contribution >= 4 is 5.91 Å². The maximum atomic E-state index is 11.7. The molecule has 5 heteroatoms. The van der Waals surface area contributed by atoms with Crippen molar-refractivity contribution in [3.63, 3.8) is 0 Å². The Bertz CT molecular complexity index is 337. The molecule has 2 rings (SSSR count). The molecule has 0 radical (unpaired) electrons. The van der Waals surface area contributed by atoms with Crippen molar-refractivity contribution < 1.29 is 9.90 Å². The molecular weight excluding hydrogens is 206 g/mol. The summed E-state index contributed by atoms with van der Waals surface area (Å²) < 4.78 is 1.60. The lowest BCUT2D eigenvalue weighted by Crippen LogP contribution is -2.40. The molecule has 1 aromatic rings. The van der Waals surface area contributed by atoms with E-state index in [2.05, 4.69) is 10.4 Å². The van der Waals surface area contributed by atoms with E-state index in [9.17, 15) is 4.79 Å². The Hall–Kier alpha value is -1.36. The van der Waals surface area contributed by atoms with Gasteiger partial charge >= 0.3 is 0 Å². The third kappa shape index (κ3) is 2.61. The second-order valence-electron chi connectivity index (χ2n) is 4.25. The number of aliphatic hydroxyl groups excluding tert-OH is 1. The van der Waals surface area contributed by atoms with Crippen LogP contribution >= 0.6 is 0 Å². The lowest BCUT2D eigenvalue weighted by Gasteiger charge is -2.18. The van der Waals surface area contributed by atoms with Crippen LogP contribution in [0.5, 0.6) is 0 Å². The molecular formula is C11H17N3O2. The number of carbonyl (C=O) groups is 1. The minimum Gasteiger partial charge on any atom is -0.396 e. The van der Waals surface area contributed by atoms with Gasteiger partial charge in [-0.05, 0) is 18.9 Å². The summed E-state index contributed by atoms with van der Waals surface area (Å²) in [5.41, 5.74) is 0. The number of hydrogen-bond acceptors (Lipinski definition) is 3. The van der Waals surface area contributed by atoms with Gasteiger partial charge in [-0.15, -0.1) is 0 Å². The molecule has 1 aliphatic rings. The molecule has 2 unspecified atom stereocenters. The zero-order chi connectivity index (χ0) is 11.4. The normalized spacial score (nSPS) is 24.6. The van der Waals surface area contributed by atoms with Gasteiger partial charge in [0.15, 0.2) is 0 Å². The molecule has 1 amide bonds. The van der Waals surface area contributed by atoms with E-state index >= 15 is 0 Å². The fraction of sp³-hybridized carbons (Fsp3) is 0.636. The highest BCUT2D eigenvalue weighted by Crippen LogP contribution is 2.24. The average molecular weight is 223 g/mol. The van der Waals surface area contributed by atoms with Crippen LogP contribution in [0, 0.1) is 5.92 Å². The van der Waals surface area contributed by atoms with Gasteiger partial charge < -0.3 is 10.4 Å². The summed E-state index contributed by atoms with van der Waals surface area (Å²) >= 11 is 0. The van der Waals surface area contributed by atoms with Gasteiger partial charge in [0.05, 0.1) is 0 Å². The molecule has 2 atom stereocenters. The van der Waals surface area contributed by atoms with Crippen molar-refractivity contribution in [2.24, 2.45) is 5.92 Å². The Kier molecular flexibility index (Phi) is 3.56. The second kappa shape index (κ2) is 5.12. The molecule has 1 saturated carbocycles. The Labute approximate surface area is 94.5 Å². The third-order valence-corrected chi connectivity index (χ3v) is 3.10. The number of amides is 1. The number of aromatic nitrogens is 2. The molecule has 5 nitrogen and oxygen atoms in total. The first kappa shape index (κ1) is 11.1. The SMILES string of the molecule is O=C(Cn1cccn1)NC1CCCC1CO. The molecule has 1 heterocycles. The average Bonchev–Trinajstić information content (AvgIpc) is 2.88. The van der Waals surface area contributed by atoms with Crippen molar-refractivity contribution in [1.29, 1.82) is 0 Å². The number of rotatable bonds is 4. The van der Waals surface area contributed by atoms with E-state index in [4.69, 9.17) is 5.11 Å². The molecule has 88 valence electrons. The first-order chi connectivity index (χ1) is 7.79. The summed E-state index contributed by atoms with van der Waals surface area (Å²) in [6, 6.07) is 1.92. The quantitative estimate of drug-likeness (QED) is 0.764. The van der Waals surface area contributed by atoms with E-state index < -0.39 is 0 Å². The van der Waals surface area contributed by atoms with Crippen LogP contribution in [0.1, 0.15) is 19.3 Å². The summed E-state index contributed by atoms with van der Waals surface area (Å²) in [7, 11) is 0. The molecule has 0 saturated heterocycles. The molecule has 2 N–H and O–H groups in total. The standard InChI is InChI=1S/C11H17N3O2/c15-8-9-3-1-4-10(9)13-11(16)7-14-6-2-5-12-14/h2,5-6,9-10,15H,1,3-4,7-8H2,(H,13,16). The van der Waals surface area contributed by atoms with Gasteiger partial charge in [-0.3, -0.25) is 9.48 Å². The smallest absolute Gasteiger partial charge is 0.241 e. The summed E-state index contributed by atoms with van der Waals surface area (Å²) in [6.07, 6.45) is 6.47. The van der Waals surface area contributed by atoms with Gasteiger partial charge in [0.1, 0.15) is 6.54 Å². The minimum absolute atomic E-state index is 0.0333. The van der Waals surface area contributed by atoms with Crippen LogP contribution < -0.4 is 5.32 Å². The molecule has 16 heavy (non-hydrogen) atoms. The van der Waals surface area contributed by atoms with Crippen LogP contribution in [0.4, 0.5) is 0 Å². The summed E-state index contributed by atoms with van der Waals surface area (Å²) in [5, 5.41) is 16.1. The van der Waals surface area contributed by atoms with Crippen molar-refractivity contribution in [3.8, 4) is 0 Å². The molecule has 0 spiro atoms. The molecule has 1 aliphatic carbocycles. The van der Waals surface area contributed by atoms with Crippen LogP contribution in [0.25, 0.3) is 0 Å². The Morgan fingerprint density at radius 2 is 2.44 bits per heavy atom. The maximum Gasteiger partial charge on any atom is 0.241 e. The molecule has 0 aromatic carbocycles.